The van der Waals surface area contributed by atoms with Crippen molar-refractivity contribution in [3.63, 3.8) is 0 Å². The first-order chi connectivity index (χ1) is 17.1. The van der Waals surface area contributed by atoms with Gasteiger partial charge >= 0.3 is 0 Å². The summed E-state index contributed by atoms with van der Waals surface area (Å²) in [5.41, 5.74) is 5.47. The molecular formula is C30H63N5. The maximum absolute atomic E-state index is 8.28. The standard InChI is InChI=1S/C30H63N5/c1-3-5-7-9-11-13-15-17-19-21-23-25-27-35(30(33)34-29(31)32)28-26-24-22-20-18-16-14-12-10-8-6-4-2/h3-28H2,1-2H3,(H5,31,32,33,34). The number of hydrogen-bond acceptors (Lipinski definition) is 2. The number of hydrogen-bond donors (Lipinski definition) is 4. The lowest BCUT2D eigenvalue weighted by Gasteiger charge is -2.25. The Balaban J connectivity index is 3.78. The van der Waals surface area contributed by atoms with Crippen molar-refractivity contribution in [2.45, 2.75) is 168 Å². The van der Waals surface area contributed by atoms with Crippen LogP contribution in [0.3, 0.4) is 0 Å². The van der Waals surface area contributed by atoms with Gasteiger partial charge in [-0.05, 0) is 12.8 Å². The number of nitrogens with one attached hydrogen (secondary N) is 3. The van der Waals surface area contributed by atoms with E-state index in [-0.39, 0.29) is 5.96 Å². The molecule has 0 aromatic heterocycles. The quantitative estimate of drug-likeness (QED) is 0.0550. The summed E-state index contributed by atoms with van der Waals surface area (Å²) in [5.74, 6) is 0.160. The second-order valence-corrected chi connectivity index (χ2v) is 10.7. The molecule has 208 valence electrons. The van der Waals surface area contributed by atoms with Gasteiger partial charge in [0, 0.05) is 13.1 Å². The van der Waals surface area contributed by atoms with Crippen LogP contribution in [0.1, 0.15) is 168 Å². The van der Waals surface area contributed by atoms with Crippen LogP contribution in [0, 0.1) is 10.8 Å². The Hall–Kier alpha value is -1.26. The lowest BCUT2D eigenvalue weighted by Crippen LogP contribution is -2.46. The van der Waals surface area contributed by atoms with Crippen molar-refractivity contribution in [2.24, 2.45) is 5.73 Å². The number of rotatable bonds is 26. The van der Waals surface area contributed by atoms with E-state index in [1.807, 2.05) is 0 Å². The van der Waals surface area contributed by atoms with E-state index in [1.165, 1.54) is 141 Å². The molecule has 0 saturated heterocycles. The van der Waals surface area contributed by atoms with Gasteiger partial charge in [0.1, 0.15) is 0 Å². The molecule has 0 aromatic carbocycles. The largest absolute Gasteiger partial charge is 0.370 e. The minimum Gasteiger partial charge on any atom is -0.370 e. The highest BCUT2D eigenvalue weighted by atomic mass is 15.3. The summed E-state index contributed by atoms with van der Waals surface area (Å²) in [4.78, 5) is 2.09. The minimum atomic E-state index is -0.135. The Morgan fingerprint density at radius 1 is 0.486 bits per heavy atom. The zero-order valence-electron chi connectivity index (χ0n) is 23.9. The summed E-state index contributed by atoms with van der Waals surface area (Å²) >= 11 is 0. The Labute approximate surface area is 219 Å². The van der Waals surface area contributed by atoms with E-state index in [4.69, 9.17) is 16.6 Å². The van der Waals surface area contributed by atoms with Crippen LogP contribution in [0.25, 0.3) is 0 Å². The Morgan fingerprint density at radius 3 is 1.00 bits per heavy atom. The maximum atomic E-state index is 8.28. The molecule has 35 heavy (non-hydrogen) atoms. The van der Waals surface area contributed by atoms with Crippen molar-refractivity contribution in [3.05, 3.63) is 0 Å². The van der Waals surface area contributed by atoms with Gasteiger partial charge in [-0.25, -0.2) is 0 Å². The van der Waals surface area contributed by atoms with Gasteiger partial charge in [-0.15, -0.1) is 0 Å². The van der Waals surface area contributed by atoms with Gasteiger partial charge in [0.25, 0.3) is 0 Å². The van der Waals surface area contributed by atoms with Crippen molar-refractivity contribution in [1.29, 1.82) is 10.8 Å². The summed E-state index contributed by atoms with van der Waals surface area (Å²) in [5, 5.41) is 18.4. The topological polar surface area (TPSA) is 89.0 Å². The fourth-order valence-corrected chi connectivity index (χ4v) is 4.83. The Kier molecular flexibility index (Phi) is 26.3. The van der Waals surface area contributed by atoms with Crippen LogP contribution >= 0.6 is 0 Å². The van der Waals surface area contributed by atoms with Gasteiger partial charge in [0.15, 0.2) is 11.9 Å². The lowest BCUT2D eigenvalue weighted by atomic mass is 10.0. The predicted octanol–water partition coefficient (Wildman–Crippen LogP) is 9.11. The van der Waals surface area contributed by atoms with Crippen LogP contribution in [0.2, 0.25) is 0 Å². The molecule has 0 aliphatic heterocycles. The average Bonchev–Trinajstić information content (AvgIpc) is 2.83. The summed E-state index contributed by atoms with van der Waals surface area (Å²) < 4.78 is 0. The van der Waals surface area contributed by atoms with E-state index < -0.39 is 0 Å². The highest BCUT2D eigenvalue weighted by Gasteiger charge is 2.10. The number of nitrogens with two attached hydrogens (primary N) is 1. The third-order valence-corrected chi connectivity index (χ3v) is 7.13. The van der Waals surface area contributed by atoms with E-state index in [2.05, 4.69) is 24.1 Å². The first kappa shape index (κ1) is 33.7. The molecule has 0 fully saturated rings. The third-order valence-electron chi connectivity index (χ3n) is 7.13. The Bertz CT molecular complexity index is 438. The van der Waals surface area contributed by atoms with Gasteiger partial charge in [0.2, 0.25) is 0 Å². The van der Waals surface area contributed by atoms with Crippen LogP contribution in [0.4, 0.5) is 0 Å². The SMILES string of the molecule is CCCCCCCCCCCCCCN(CCCCCCCCCCCCCC)C(=N)NC(=N)N. The van der Waals surface area contributed by atoms with E-state index in [0.717, 1.165) is 25.9 Å². The molecule has 0 unspecified atom stereocenters. The molecule has 0 atom stereocenters. The molecule has 0 radical (unpaired) electrons. The molecular weight excluding hydrogens is 430 g/mol. The fraction of sp³-hybridized carbons (Fsp3) is 0.933. The minimum absolute atomic E-state index is 0.135. The van der Waals surface area contributed by atoms with Crippen LogP contribution in [0.15, 0.2) is 0 Å². The van der Waals surface area contributed by atoms with Crippen molar-refractivity contribution < 1.29 is 0 Å². The second-order valence-electron chi connectivity index (χ2n) is 10.7. The summed E-state index contributed by atoms with van der Waals surface area (Å²) in [6.45, 7) is 6.35. The predicted molar refractivity (Wildman–Crippen MR) is 157 cm³/mol. The Morgan fingerprint density at radius 2 is 0.743 bits per heavy atom. The summed E-state index contributed by atoms with van der Waals surface area (Å²) in [7, 11) is 0. The van der Waals surface area contributed by atoms with Crippen LogP contribution in [-0.4, -0.2) is 29.9 Å². The molecule has 5 nitrogen and oxygen atoms in total. The smallest absolute Gasteiger partial charge is 0.197 e. The molecule has 0 heterocycles. The van der Waals surface area contributed by atoms with Gasteiger partial charge in [0.05, 0.1) is 0 Å². The average molecular weight is 494 g/mol. The fourth-order valence-electron chi connectivity index (χ4n) is 4.83. The van der Waals surface area contributed by atoms with Crippen molar-refractivity contribution in [2.75, 3.05) is 13.1 Å². The zero-order chi connectivity index (χ0) is 25.8. The molecule has 0 aliphatic carbocycles. The summed E-state index contributed by atoms with van der Waals surface area (Å²) in [6.07, 6.45) is 32.3. The van der Waals surface area contributed by atoms with Crippen LogP contribution in [-0.2, 0) is 0 Å². The molecule has 0 spiro atoms. The van der Waals surface area contributed by atoms with Crippen molar-refractivity contribution in [3.8, 4) is 0 Å². The van der Waals surface area contributed by atoms with E-state index >= 15 is 0 Å². The highest BCUT2D eigenvalue weighted by molar-refractivity contribution is 5.94. The first-order valence-electron chi connectivity index (χ1n) is 15.6. The molecule has 5 heteroatoms. The molecule has 0 bridgehead atoms. The van der Waals surface area contributed by atoms with Crippen molar-refractivity contribution in [1.82, 2.24) is 10.2 Å². The molecule has 0 aromatic rings. The summed E-state index contributed by atoms with van der Waals surface area (Å²) in [6, 6.07) is 0. The highest BCUT2D eigenvalue weighted by Crippen LogP contribution is 2.14. The number of unbranched alkanes of at least 4 members (excludes halogenated alkanes) is 22. The van der Waals surface area contributed by atoms with Gasteiger partial charge in [-0.3, -0.25) is 16.1 Å². The molecule has 5 N–H and O–H groups in total. The third kappa shape index (κ3) is 25.6. The number of guanidine groups is 2. The first-order valence-corrected chi connectivity index (χ1v) is 15.6. The maximum Gasteiger partial charge on any atom is 0.197 e. The van der Waals surface area contributed by atoms with Crippen molar-refractivity contribution >= 4 is 11.9 Å². The molecule has 0 aliphatic rings. The number of nitrogens with zero attached hydrogens (tertiary/aromatic N) is 1. The molecule has 0 rings (SSSR count). The van der Waals surface area contributed by atoms with Gasteiger partial charge in [-0.2, -0.15) is 0 Å². The van der Waals surface area contributed by atoms with Gasteiger partial charge in [-0.1, -0.05) is 155 Å². The van der Waals surface area contributed by atoms with Gasteiger partial charge < -0.3 is 10.6 Å². The van der Waals surface area contributed by atoms with Crippen LogP contribution in [0.5, 0.6) is 0 Å². The lowest BCUT2D eigenvalue weighted by molar-refractivity contribution is 0.374. The van der Waals surface area contributed by atoms with E-state index in [0.29, 0.717) is 5.96 Å². The van der Waals surface area contributed by atoms with E-state index in [9.17, 15) is 0 Å². The zero-order valence-corrected chi connectivity index (χ0v) is 23.9. The second kappa shape index (κ2) is 27.3. The monoisotopic (exact) mass is 494 g/mol. The molecule has 0 amide bonds. The normalized spacial score (nSPS) is 11.0. The van der Waals surface area contributed by atoms with E-state index in [1.54, 1.807) is 0 Å². The molecule has 0 saturated carbocycles. The van der Waals surface area contributed by atoms with Crippen LogP contribution < -0.4 is 11.1 Å².